The summed E-state index contributed by atoms with van der Waals surface area (Å²) in [6, 6.07) is 46.0. The summed E-state index contributed by atoms with van der Waals surface area (Å²) in [6.07, 6.45) is 6.12. The van der Waals surface area contributed by atoms with Crippen molar-refractivity contribution in [2.24, 2.45) is 0 Å². The van der Waals surface area contributed by atoms with Gasteiger partial charge in [-0.15, -0.1) is 34.0 Å². The van der Waals surface area contributed by atoms with Crippen molar-refractivity contribution in [3.05, 3.63) is 212 Å². The van der Waals surface area contributed by atoms with Gasteiger partial charge in [0.25, 0.3) is 47.8 Å². The Kier molecular flexibility index (Phi) is 36.2. The molecule has 1 N–H and O–H groups in total. The summed E-state index contributed by atoms with van der Waals surface area (Å²) in [4.78, 5) is 60.0. The molecule has 0 unspecified atom stereocenters. The summed E-state index contributed by atoms with van der Waals surface area (Å²) in [5.74, 6) is 3.63. The molecule has 33 heteroatoms. The average Bonchev–Trinajstić information content (AvgIpc) is 1.62. The number of ether oxygens (including phenoxy) is 6. The van der Waals surface area contributed by atoms with Gasteiger partial charge in [0.05, 0.1) is 60.8 Å². The first kappa shape index (κ1) is 103. The van der Waals surface area contributed by atoms with Gasteiger partial charge in [0, 0.05) is 201 Å². The van der Waals surface area contributed by atoms with Gasteiger partial charge in [-0.25, -0.2) is 38.2 Å². The molecule has 6 aliphatic heterocycles. The molecule has 7 aliphatic rings. The molecule has 4 fully saturated rings. The van der Waals surface area contributed by atoms with E-state index in [9.17, 15) is 39.6 Å². The van der Waals surface area contributed by atoms with Crippen molar-refractivity contribution < 1.29 is 68.1 Å². The summed E-state index contributed by atoms with van der Waals surface area (Å²) in [5.41, 5.74) is 11.6. The van der Waals surface area contributed by atoms with Crippen molar-refractivity contribution in [3.63, 3.8) is 0 Å². The first-order valence-electron chi connectivity index (χ1n) is 43.2. The first-order valence-corrected chi connectivity index (χ1v) is 50.2. The van der Waals surface area contributed by atoms with Crippen LogP contribution in [0.5, 0.6) is 34.5 Å². The van der Waals surface area contributed by atoms with Crippen LogP contribution in [0.4, 0.5) is 17.1 Å². The number of piperazine rings is 3. The number of thiophene rings is 3. The highest BCUT2D eigenvalue weighted by molar-refractivity contribution is 7.91. The Balaban J connectivity index is 0.000000200. The molecule has 1 saturated carbocycles. The number of nitrogens with zero attached hydrogens (tertiary/aromatic N) is 11. The standard InChI is InChI=1S/C32H40N4O5S2.C32H42N4O5S2.C29H36N4O5S2.4CH4/c1-33(43(38,39)31-10-6-20-42-31)15-5-9-27(23-11-14-29(40-2)30(21-23)41-3)36-22-26-25(32(36)37)7-4-8-28(26)35-18-16-34(17-19-35)24-12-13-24;1-23(2)34-16-18-35(19-17-34)28-10-6-9-25-26(28)22-36(32(25)37)27(24-13-14-29(40-4)30(21-24)41-5)11-7-15-33(3)43(38,39)31-12-8-20-42-31;1-31(40(35,36)28-10-6-18-39-28)15-5-9-24(21-11-12-26(37-2)27(19-21)38-3)33-20-23-22(29(33)34)7-4-8-25(23)32-16-13-30-14-17-32;;;;/h4,6-8,10-11,14,20-21,24,27H,5,9,12-13,15-19,22H2,1-3H3;6,8-10,12-14,20-21,23,27H,7,11,15-19,22H2,1-5H3;4,6-8,10-12,18-19,24,30H,5,9,13-17,20H2,1-3H3;4*1H4/t2*27-;24-;;;;/m111..../s1. The fraction of sp³-hybridized carbons (Fsp3) is 0.474. The smallest absolute Gasteiger partial charge is 0.255 e. The Bertz CT molecular complexity index is 5370. The van der Waals surface area contributed by atoms with Crippen LogP contribution < -0.4 is 48.4 Å². The lowest BCUT2D eigenvalue weighted by Gasteiger charge is -2.38. The topological polar surface area (TPSA) is 257 Å². The zero-order valence-corrected chi connectivity index (χ0v) is 78.8. The zero-order valence-electron chi connectivity index (χ0n) is 73.9. The second-order valence-electron chi connectivity index (χ2n) is 32.9. The lowest BCUT2D eigenvalue weighted by molar-refractivity contribution is 0.0681. The molecule has 3 saturated heterocycles. The SMILES string of the molecule is C.C.C.C.COc1ccc([C@@H](CCCN(C)S(=O)(=O)c2cccs2)N2Cc3c(cccc3N3CCN(C(C)C)CC3)C2=O)cc1OC.COc1ccc([C@@H](CCCN(C)S(=O)(=O)c2cccs2)N2Cc3c(cccc3N3CCN(C4CC4)CC3)C2=O)cc1OC.COc1ccc([C@@H](CCCN(C)S(=O)(=O)c2cccs2)N2Cc3c(cccc3N3CCNCC3)C2=O)cc1OC. The molecular formula is C97H134N12O15S6. The third kappa shape index (κ3) is 22.6. The number of hydrogen-bond acceptors (Lipinski definition) is 24. The van der Waals surface area contributed by atoms with Gasteiger partial charge in [-0.2, -0.15) is 0 Å². The maximum absolute atomic E-state index is 14.0. The third-order valence-corrected chi connectivity index (χ3v) is 35.0. The van der Waals surface area contributed by atoms with Crippen LogP contribution >= 0.6 is 34.0 Å². The van der Waals surface area contributed by atoms with Crippen molar-refractivity contribution in [2.45, 2.75) is 157 Å². The summed E-state index contributed by atoms with van der Waals surface area (Å²) in [7, 11) is 3.79. The fourth-order valence-electron chi connectivity index (χ4n) is 18.1. The van der Waals surface area contributed by atoms with E-state index in [1.165, 1.54) is 59.8 Å². The quantitative estimate of drug-likeness (QED) is 0.0387. The zero-order chi connectivity index (χ0) is 89.1. The Morgan fingerprint density at radius 2 is 0.685 bits per heavy atom. The van der Waals surface area contributed by atoms with E-state index in [-0.39, 0.29) is 65.6 Å². The van der Waals surface area contributed by atoms with E-state index >= 15 is 0 Å². The Hall–Kier alpha value is -9.36. The number of rotatable bonds is 35. The van der Waals surface area contributed by atoms with Gasteiger partial charge in [-0.1, -0.05) is 84.3 Å². The molecule has 3 aromatic heterocycles. The molecule has 3 amide bonds. The van der Waals surface area contributed by atoms with Crippen LogP contribution in [0.1, 0.15) is 178 Å². The van der Waals surface area contributed by atoms with Crippen molar-refractivity contribution in [2.75, 3.05) is 177 Å². The third-order valence-electron chi connectivity index (χ3n) is 25.3. The summed E-state index contributed by atoms with van der Waals surface area (Å²) in [5, 5.41) is 8.69. The minimum absolute atomic E-state index is 0. The second kappa shape index (κ2) is 45.9. The molecule has 27 nitrogen and oxygen atoms in total. The number of hydrogen-bond donors (Lipinski definition) is 1. The molecule has 0 spiro atoms. The van der Waals surface area contributed by atoms with Gasteiger partial charge in [-0.3, -0.25) is 24.2 Å². The van der Waals surface area contributed by atoms with Crippen molar-refractivity contribution >= 4 is 98.9 Å². The van der Waals surface area contributed by atoms with E-state index < -0.39 is 30.1 Å². The van der Waals surface area contributed by atoms with E-state index in [1.54, 1.807) is 116 Å². The molecule has 6 aromatic carbocycles. The number of anilines is 3. The van der Waals surface area contributed by atoms with Crippen LogP contribution in [0.25, 0.3) is 0 Å². The number of carbonyl (C=O) groups excluding carboxylic acids is 3. The highest BCUT2D eigenvalue weighted by Gasteiger charge is 2.42. The summed E-state index contributed by atoms with van der Waals surface area (Å²) in [6.45, 7) is 18.5. The van der Waals surface area contributed by atoms with Crippen LogP contribution in [-0.2, 0) is 49.7 Å². The monoisotopic (exact) mass is 1900 g/mol. The van der Waals surface area contributed by atoms with Gasteiger partial charge in [0.1, 0.15) is 12.6 Å². The normalized spacial score (nSPS) is 16.6. The molecule has 3 atom stereocenters. The number of carbonyl (C=O) groups is 3. The Morgan fingerprint density at radius 1 is 0.385 bits per heavy atom. The molecule has 9 heterocycles. The lowest BCUT2D eigenvalue weighted by Crippen LogP contribution is -2.49. The number of sulfonamides is 3. The molecule has 0 bridgehead atoms. The number of nitrogens with one attached hydrogen (secondary N) is 1. The van der Waals surface area contributed by atoms with E-state index in [2.05, 4.69) is 61.9 Å². The lowest BCUT2D eigenvalue weighted by atomic mass is 9.99. The van der Waals surface area contributed by atoms with Crippen LogP contribution in [0.15, 0.2) is 174 Å². The van der Waals surface area contributed by atoms with Crippen molar-refractivity contribution in [1.82, 2.24) is 42.7 Å². The average molecular weight is 1900 g/mol. The molecule has 0 radical (unpaired) electrons. The predicted octanol–water partition coefficient (Wildman–Crippen LogP) is 16.5. The summed E-state index contributed by atoms with van der Waals surface area (Å²) >= 11 is 3.65. The van der Waals surface area contributed by atoms with E-state index in [0.29, 0.717) is 131 Å². The predicted molar refractivity (Wildman–Crippen MR) is 524 cm³/mol. The molecule has 16 rings (SSSR count). The minimum Gasteiger partial charge on any atom is -0.493 e. The second-order valence-corrected chi connectivity index (χ2v) is 42.6. The number of fused-ring (bicyclic) bond motifs is 3. The molecule has 708 valence electrons. The van der Waals surface area contributed by atoms with Gasteiger partial charge < -0.3 is 63.1 Å². The Morgan fingerprint density at radius 3 is 0.962 bits per heavy atom. The Labute approximate surface area is 784 Å². The highest BCUT2D eigenvalue weighted by atomic mass is 32.3. The van der Waals surface area contributed by atoms with Gasteiger partial charge >= 0.3 is 0 Å². The number of amides is 3. The fourth-order valence-corrected chi connectivity index (χ4v) is 25.3. The van der Waals surface area contributed by atoms with Crippen LogP contribution in [0.2, 0.25) is 0 Å². The van der Waals surface area contributed by atoms with Crippen LogP contribution in [0, 0.1) is 0 Å². The molecular weight excluding hydrogens is 1770 g/mol. The molecule has 130 heavy (non-hydrogen) atoms. The maximum Gasteiger partial charge on any atom is 0.255 e. The van der Waals surface area contributed by atoms with Crippen molar-refractivity contribution in [1.29, 1.82) is 0 Å². The molecule has 9 aromatic rings. The van der Waals surface area contributed by atoms with Gasteiger partial charge in [0.2, 0.25) is 0 Å². The van der Waals surface area contributed by atoms with E-state index in [0.717, 1.165) is 152 Å². The summed E-state index contributed by atoms with van der Waals surface area (Å²) < 4.78 is 116. The highest BCUT2D eigenvalue weighted by Crippen LogP contribution is 2.46. The molecule has 1 aliphatic carbocycles. The maximum atomic E-state index is 14.0. The van der Waals surface area contributed by atoms with Crippen LogP contribution in [0.3, 0.4) is 0 Å². The number of methoxy groups -OCH3 is 6. The van der Waals surface area contributed by atoms with E-state index in [1.807, 2.05) is 106 Å². The number of benzene rings is 6. The first-order chi connectivity index (χ1) is 60.8. The minimum atomic E-state index is -3.55. The van der Waals surface area contributed by atoms with E-state index in [4.69, 9.17) is 28.4 Å². The van der Waals surface area contributed by atoms with Crippen LogP contribution in [-0.4, -0.2) is 254 Å². The van der Waals surface area contributed by atoms with Gasteiger partial charge in [-0.05, 0) is 189 Å². The largest absolute Gasteiger partial charge is 0.493 e. The van der Waals surface area contributed by atoms with Gasteiger partial charge in [0.15, 0.2) is 34.5 Å². The van der Waals surface area contributed by atoms with Crippen molar-refractivity contribution in [3.8, 4) is 34.5 Å².